The van der Waals surface area contributed by atoms with E-state index in [2.05, 4.69) is 57.8 Å². The molecule has 0 amide bonds. The number of aliphatic hydroxyl groups is 1. The summed E-state index contributed by atoms with van der Waals surface area (Å²) in [6, 6.07) is 16.8. The van der Waals surface area contributed by atoms with E-state index in [-0.39, 0.29) is 30.5 Å². The van der Waals surface area contributed by atoms with Gasteiger partial charge in [0.1, 0.15) is 11.5 Å². The minimum atomic E-state index is -0.758. The molecule has 0 spiro atoms. The lowest BCUT2D eigenvalue weighted by atomic mass is 10.1. The molecule has 0 bridgehead atoms. The Labute approximate surface area is 214 Å². The number of nitrogens with one attached hydrogen (secondary N) is 2. The van der Waals surface area contributed by atoms with Gasteiger partial charge in [-0.05, 0) is 43.5 Å². The zero-order chi connectivity index (χ0) is 22.9. The summed E-state index contributed by atoms with van der Waals surface area (Å²) in [6.45, 7) is 7.21. The van der Waals surface area contributed by atoms with Crippen molar-refractivity contribution in [1.82, 2.24) is 15.5 Å². The van der Waals surface area contributed by atoms with Gasteiger partial charge in [-0.2, -0.15) is 0 Å². The molecular weight excluding hydrogens is 531 g/mol. The number of nitrogens with zero attached hydrogens (tertiary/aromatic N) is 2. The van der Waals surface area contributed by atoms with Crippen molar-refractivity contribution in [2.24, 2.45) is 4.99 Å². The summed E-state index contributed by atoms with van der Waals surface area (Å²) in [5, 5.41) is 17.6. The Morgan fingerprint density at radius 1 is 1.15 bits per heavy atom. The van der Waals surface area contributed by atoms with Gasteiger partial charge in [-0.15, -0.1) is 24.0 Å². The van der Waals surface area contributed by atoms with E-state index in [1.54, 1.807) is 20.3 Å². The van der Waals surface area contributed by atoms with E-state index >= 15 is 0 Å². The summed E-state index contributed by atoms with van der Waals surface area (Å²) in [4.78, 5) is 7.14. The third-order valence-electron chi connectivity index (χ3n) is 5.80. The molecule has 2 aromatic carbocycles. The van der Waals surface area contributed by atoms with Gasteiger partial charge in [-0.1, -0.05) is 30.3 Å². The zero-order valence-electron chi connectivity index (χ0n) is 20.0. The molecule has 1 aliphatic heterocycles. The molecule has 182 valence electrons. The highest BCUT2D eigenvalue weighted by molar-refractivity contribution is 14.0. The van der Waals surface area contributed by atoms with E-state index in [4.69, 9.17) is 9.47 Å². The molecule has 3 atom stereocenters. The second kappa shape index (κ2) is 13.6. The van der Waals surface area contributed by atoms with Gasteiger partial charge in [-0.25, -0.2) is 0 Å². The van der Waals surface area contributed by atoms with Gasteiger partial charge in [0.05, 0.1) is 26.9 Å². The van der Waals surface area contributed by atoms with Crippen LogP contribution in [-0.2, 0) is 6.54 Å². The first-order valence-corrected chi connectivity index (χ1v) is 11.3. The van der Waals surface area contributed by atoms with Crippen LogP contribution in [0.4, 0.5) is 0 Å². The van der Waals surface area contributed by atoms with Crippen LogP contribution in [0.2, 0.25) is 0 Å². The van der Waals surface area contributed by atoms with Crippen LogP contribution >= 0.6 is 24.0 Å². The number of benzene rings is 2. The predicted molar refractivity (Wildman–Crippen MR) is 144 cm³/mol. The molecule has 1 heterocycles. The first kappa shape index (κ1) is 27.2. The zero-order valence-corrected chi connectivity index (χ0v) is 22.3. The molecule has 1 saturated heterocycles. The van der Waals surface area contributed by atoms with Crippen molar-refractivity contribution in [2.75, 3.05) is 33.9 Å². The minimum Gasteiger partial charge on any atom is -0.497 e. The highest BCUT2D eigenvalue weighted by atomic mass is 127. The molecule has 0 aromatic heterocycles. The average Bonchev–Trinajstić information content (AvgIpc) is 3.15. The summed E-state index contributed by atoms with van der Waals surface area (Å²) in [7, 11) is 3.19. The molecule has 7 nitrogen and oxygen atoms in total. The van der Waals surface area contributed by atoms with Crippen LogP contribution in [0, 0.1) is 0 Å². The molecule has 3 N–H and O–H groups in total. The summed E-state index contributed by atoms with van der Waals surface area (Å²) < 4.78 is 10.6. The van der Waals surface area contributed by atoms with Crippen molar-refractivity contribution in [1.29, 1.82) is 0 Å². The Hall–Kier alpha value is -2.04. The topological polar surface area (TPSA) is 78.4 Å². The quantitative estimate of drug-likeness (QED) is 0.244. The molecule has 2 aromatic rings. The number of halogens is 1. The Balaban J connectivity index is 0.00000385. The highest BCUT2D eigenvalue weighted by Crippen LogP contribution is 2.26. The molecule has 1 aliphatic rings. The summed E-state index contributed by atoms with van der Waals surface area (Å²) in [5.74, 6) is 2.01. The van der Waals surface area contributed by atoms with E-state index in [0.717, 1.165) is 32.0 Å². The smallest absolute Gasteiger partial charge is 0.191 e. The number of aliphatic imine (C=N–C) groups is 1. The maximum atomic E-state index is 10.7. The second-order valence-electron chi connectivity index (χ2n) is 8.22. The van der Waals surface area contributed by atoms with Gasteiger partial charge < -0.3 is 25.2 Å². The molecule has 8 heteroatoms. The molecular formula is C25H37IN4O3. The Bertz CT molecular complexity index is 859. The molecule has 3 rings (SSSR count). The summed E-state index contributed by atoms with van der Waals surface area (Å²) in [6.07, 6.45) is 0.291. The van der Waals surface area contributed by atoms with Crippen LogP contribution in [0.25, 0.3) is 0 Å². The van der Waals surface area contributed by atoms with Crippen LogP contribution < -0.4 is 20.1 Å². The highest BCUT2D eigenvalue weighted by Gasteiger charge is 2.29. The lowest BCUT2D eigenvalue weighted by Gasteiger charge is -2.21. The van der Waals surface area contributed by atoms with E-state index < -0.39 is 6.10 Å². The van der Waals surface area contributed by atoms with Crippen LogP contribution in [0.1, 0.15) is 37.5 Å². The largest absolute Gasteiger partial charge is 0.497 e. The number of hydrogen-bond acceptors (Lipinski definition) is 5. The minimum absolute atomic E-state index is 0. The standard InChI is InChI=1S/C25H36N4O3.HI/c1-5-26-25(27-15-24(30)20-12-22(31-3)14-23(13-20)32-4)28-21-11-18(2)29(17-21)16-19-9-7-6-8-10-19;/h6-10,12-14,18,21,24,30H,5,11,15-17H2,1-4H3,(H2,26,27,28);1H. The first-order chi connectivity index (χ1) is 15.5. The predicted octanol–water partition coefficient (Wildman–Crippen LogP) is 3.57. The Morgan fingerprint density at radius 3 is 2.42 bits per heavy atom. The number of ether oxygens (including phenoxy) is 2. The van der Waals surface area contributed by atoms with E-state index in [1.807, 2.05) is 19.1 Å². The molecule has 3 unspecified atom stereocenters. The monoisotopic (exact) mass is 568 g/mol. The van der Waals surface area contributed by atoms with Crippen molar-refractivity contribution in [3.63, 3.8) is 0 Å². The van der Waals surface area contributed by atoms with E-state index in [0.29, 0.717) is 29.1 Å². The van der Waals surface area contributed by atoms with Crippen LogP contribution in [0.15, 0.2) is 53.5 Å². The lowest BCUT2D eigenvalue weighted by molar-refractivity contribution is 0.186. The first-order valence-electron chi connectivity index (χ1n) is 11.3. The summed E-state index contributed by atoms with van der Waals surface area (Å²) in [5.41, 5.74) is 2.04. The Kier molecular flexibility index (Phi) is 11.2. The number of hydrogen-bond donors (Lipinski definition) is 3. The van der Waals surface area contributed by atoms with Gasteiger partial charge in [0.2, 0.25) is 0 Å². The maximum Gasteiger partial charge on any atom is 0.191 e. The van der Waals surface area contributed by atoms with Gasteiger partial charge in [-0.3, -0.25) is 9.89 Å². The third-order valence-corrected chi connectivity index (χ3v) is 5.80. The van der Waals surface area contributed by atoms with Gasteiger partial charge in [0.25, 0.3) is 0 Å². The molecule has 0 aliphatic carbocycles. The normalized spacial score (nSPS) is 19.5. The van der Waals surface area contributed by atoms with Crippen molar-refractivity contribution in [3.05, 3.63) is 59.7 Å². The molecule has 1 fully saturated rings. The number of methoxy groups -OCH3 is 2. The van der Waals surface area contributed by atoms with Crippen LogP contribution in [0.5, 0.6) is 11.5 Å². The Morgan fingerprint density at radius 2 is 1.82 bits per heavy atom. The van der Waals surface area contributed by atoms with E-state index in [9.17, 15) is 5.11 Å². The average molecular weight is 569 g/mol. The van der Waals surface area contributed by atoms with Gasteiger partial charge in [0, 0.05) is 37.8 Å². The van der Waals surface area contributed by atoms with Crippen molar-refractivity contribution in [2.45, 2.75) is 45.0 Å². The number of guanidine groups is 1. The van der Waals surface area contributed by atoms with Crippen LogP contribution in [-0.4, -0.2) is 61.9 Å². The third kappa shape index (κ3) is 8.04. The van der Waals surface area contributed by atoms with Gasteiger partial charge in [0.15, 0.2) is 5.96 Å². The summed E-state index contributed by atoms with van der Waals surface area (Å²) >= 11 is 0. The fourth-order valence-electron chi connectivity index (χ4n) is 4.06. The van der Waals surface area contributed by atoms with Crippen molar-refractivity contribution in [3.8, 4) is 11.5 Å². The maximum absolute atomic E-state index is 10.7. The fourth-order valence-corrected chi connectivity index (χ4v) is 4.06. The SMILES string of the molecule is CCNC(=NCC(O)c1cc(OC)cc(OC)c1)NC1CC(C)N(Cc2ccccc2)C1.I. The van der Waals surface area contributed by atoms with Crippen molar-refractivity contribution >= 4 is 29.9 Å². The second-order valence-corrected chi connectivity index (χ2v) is 8.22. The number of rotatable bonds is 9. The van der Waals surface area contributed by atoms with Crippen molar-refractivity contribution < 1.29 is 14.6 Å². The molecule has 33 heavy (non-hydrogen) atoms. The molecule has 0 radical (unpaired) electrons. The lowest BCUT2D eigenvalue weighted by Crippen LogP contribution is -2.44. The van der Waals surface area contributed by atoms with Gasteiger partial charge >= 0.3 is 0 Å². The van der Waals surface area contributed by atoms with Crippen LogP contribution in [0.3, 0.4) is 0 Å². The molecule has 0 saturated carbocycles. The fraction of sp³-hybridized carbons (Fsp3) is 0.480. The number of aliphatic hydroxyl groups excluding tert-OH is 1. The van der Waals surface area contributed by atoms with E-state index in [1.165, 1.54) is 5.56 Å². The number of likely N-dealkylation sites (tertiary alicyclic amines) is 1.